The van der Waals surface area contributed by atoms with Crippen molar-refractivity contribution in [3.63, 3.8) is 0 Å². The van der Waals surface area contributed by atoms with Crippen LogP contribution < -0.4 is 0 Å². The smallest absolute Gasteiger partial charge is 0.462 e. The lowest BCUT2D eigenvalue weighted by molar-refractivity contribution is -0.161. The number of carbonyl (C=O) groups excluding carboxylic acids is 4. The van der Waals surface area contributed by atoms with Gasteiger partial charge in [-0.25, -0.2) is 9.13 Å². The maximum Gasteiger partial charge on any atom is 0.472 e. The third-order valence-corrected chi connectivity index (χ3v) is 18.7. The van der Waals surface area contributed by atoms with Crippen LogP contribution in [0.3, 0.4) is 0 Å². The van der Waals surface area contributed by atoms with E-state index < -0.39 is 97.5 Å². The lowest BCUT2D eigenvalue weighted by Gasteiger charge is -2.21. The minimum absolute atomic E-state index is 0.0935. The summed E-state index contributed by atoms with van der Waals surface area (Å²) in [6.45, 7) is 4.79. The number of aliphatic hydroxyl groups excluding tert-OH is 1. The minimum atomic E-state index is -4.97. The van der Waals surface area contributed by atoms with Crippen molar-refractivity contribution in [2.45, 2.75) is 380 Å². The Kier molecular flexibility index (Phi) is 68.3. The maximum atomic E-state index is 13.1. The first-order valence-corrected chi connectivity index (χ1v) is 41.9. The quantitative estimate of drug-likeness (QED) is 0.0169. The number of hydrogen-bond donors (Lipinski definition) is 3. The summed E-state index contributed by atoms with van der Waals surface area (Å²) in [6, 6.07) is 0. The molecule has 0 saturated heterocycles. The van der Waals surface area contributed by atoms with Crippen LogP contribution in [0.1, 0.15) is 362 Å². The van der Waals surface area contributed by atoms with E-state index >= 15 is 0 Å². The van der Waals surface area contributed by atoms with E-state index in [0.717, 1.165) is 109 Å². The van der Waals surface area contributed by atoms with Crippen molar-refractivity contribution in [3.05, 3.63) is 48.6 Å². The fourth-order valence-corrected chi connectivity index (χ4v) is 12.5. The molecule has 0 aromatic heterocycles. The molecule has 0 aliphatic rings. The predicted molar refractivity (Wildman–Crippen MR) is 390 cm³/mol. The molecule has 0 rings (SSSR count). The number of allylic oxidation sites excluding steroid dienone is 8. The number of phosphoric acid groups is 2. The molecule has 0 heterocycles. The topological polar surface area (TPSA) is 237 Å². The standard InChI is InChI=1S/C77H142O17P2/c1-5-9-13-17-21-25-29-32-35-38-42-45-49-53-57-61-74(79)87-67-72(93-76(81)63-59-55-51-47-41-28-24-20-16-12-8-4)69-91-95(83,84)89-65-71(78)66-90-96(85,86)92-70-73(94-77(82)64-60-56-52-48-44-40-37-34-31-27-23-19-15-11-7-3)68-88-75(80)62-58-54-50-46-43-39-36-33-30-26-22-18-14-10-6-2/h10,14,22,26,33,36,43,46,71-73,78H,5-9,11-13,15-21,23-25,27-32,34-35,37-42,44-45,47-70H2,1-4H3,(H,83,84)(H,85,86)/b14-10-,26-22-,36-33-,46-43-. The fraction of sp³-hybridized carbons (Fsp3) is 0.844. The van der Waals surface area contributed by atoms with E-state index in [2.05, 4.69) is 76.3 Å². The van der Waals surface area contributed by atoms with Crippen LogP contribution in [0.25, 0.3) is 0 Å². The molecule has 0 spiro atoms. The van der Waals surface area contributed by atoms with Gasteiger partial charge in [-0.1, -0.05) is 320 Å². The van der Waals surface area contributed by atoms with Gasteiger partial charge in [-0.15, -0.1) is 0 Å². The number of carbonyl (C=O) groups is 4. The minimum Gasteiger partial charge on any atom is -0.462 e. The van der Waals surface area contributed by atoms with Gasteiger partial charge in [0.15, 0.2) is 12.2 Å². The van der Waals surface area contributed by atoms with Crippen molar-refractivity contribution < 1.29 is 80.2 Å². The van der Waals surface area contributed by atoms with Gasteiger partial charge in [0.05, 0.1) is 26.4 Å². The zero-order chi connectivity index (χ0) is 70.4. The molecule has 0 aromatic carbocycles. The predicted octanol–water partition coefficient (Wildman–Crippen LogP) is 22.1. The molecular formula is C77H142O17P2. The molecule has 562 valence electrons. The Hall–Kier alpha value is -2.98. The number of unbranched alkanes of at least 4 members (excludes halogenated alkanes) is 40. The van der Waals surface area contributed by atoms with Crippen LogP contribution >= 0.6 is 15.6 Å². The molecule has 17 nitrogen and oxygen atoms in total. The summed E-state index contributed by atoms with van der Waals surface area (Å²) in [5.41, 5.74) is 0. The molecule has 0 fully saturated rings. The lowest BCUT2D eigenvalue weighted by Crippen LogP contribution is -2.30. The number of hydrogen-bond acceptors (Lipinski definition) is 15. The van der Waals surface area contributed by atoms with Crippen LogP contribution in [0.15, 0.2) is 48.6 Å². The molecule has 0 bridgehead atoms. The second-order valence-corrected chi connectivity index (χ2v) is 29.2. The van der Waals surface area contributed by atoms with Crippen molar-refractivity contribution in [3.8, 4) is 0 Å². The zero-order valence-corrected chi connectivity index (χ0v) is 63.1. The molecule has 0 aliphatic carbocycles. The summed E-state index contributed by atoms with van der Waals surface area (Å²) in [5, 5.41) is 10.6. The van der Waals surface area contributed by atoms with Gasteiger partial charge in [0, 0.05) is 25.7 Å². The van der Waals surface area contributed by atoms with Gasteiger partial charge in [-0.2, -0.15) is 0 Å². The second-order valence-electron chi connectivity index (χ2n) is 26.3. The van der Waals surface area contributed by atoms with E-state index in [-0.39, 0.29) is 25.7 Å². The molecule has 0 amide bonds. The molecular weight excluding hydrogens is 1260 g/mol. The molecule has 0 aliphatic heterocycles. The van der Waals surface area contributed by atoms with E-state index in [1.54, 1.807) is 0 Å². The summed E-state index contributed by atoms with van der Waals surface area (Å²) in [7, 11) is -9.93. The van der Waals surface area contributed by atoms with Crippen molar-refractivity contribution in [2.75, 3.05) is 39.6 Å². The highest BCUT2D eigenvalue weighted by Crippen LogP contribution is 2.45. The van der Waals surface area contributed by atoms with Crippen LogP contribution in [-0.2, 0) is 65.4 Å². The molecule has 3 N–H and O–H groups in total. The van der Waals surface area contributed by atoms with Crippen molar-refractivity contribution in [1.82, 2.24) is 0 Å². The summed E-state index contributed by atoms with van der Waals surface area (Å²) in [5.74, 6) is -2.18. The van der Waals surface area contributed by atoms with Crippen LogP contribution in [0, 0.1) is 0 Å². The second kappa shape index (κ2) is 70.5. The molecule has 5 atom stereocenters. The Labute approximate surface area is 585 Å². The van der Waals surface area contributed by atoms with Gasteiger partial charge in [-0.3, -0.25) is 37.3 Å². The molecule has 5 unspecified atom stereocenters. The monoisotopic (exact) mass is 1400 g/mol. The van der Waals surface area contributed by atoms with Crippen LogP contribution in [0.4, 0.5) is 0 Å². The molecule has 96 heavy (non-hydrogen) atoms. The first-order valence-electron chi connectivity index (χ1n) is 38.9. The highest BCUT2D eigenvalue weighted by molar-refractivity contribution is 7.47. The summed E-state index contributed by atoms with van der Waals surface area (Å²) in [4.78, 5) is 72.8. The summed E-state index contributed by atoms with van der Waals surface area (Å²) < 4.78 is 68.5. The van der Waals surface area contributed by atoms with E-state index in [4.69, 9.17) is 37.0 Å². The summed E-state index contributed by atoms with van der Waals surface area (Å²) in [6.07, 6.45) is 66.7. The first kappa shape index (κ1) is 93.0. The largest absolute Gasteiger partial charge is 0.472 e. The Morgan fingerprint density at radius 1 is 0.302 bits per heavy atom. The number of ether oxygens (including phenoxy) is 4. The third kappa shape index (κ3) is 69.5. The van der Waals surface area contributed by atoms with E-state index in [9.17, 15) is 43.2 Å². The van der Waals surface area contributed by atoms with Gasteiger partial charge in [-0.05, 0) is 64.2 Å². The molecule has 0 radical (unpaired) electrons. The highest BCUT2D eigenvalue weighted by atomic mass is 31.2. The average Bonchev–Trinajstić information content (AvgIpc) is 1.09. The van der Waals surface area contributed by atoms with Crippen LogP contribution in [-0.4, -0.2) is 96.7 Å². The maximum absolute atomic E-state index is 13.1. The fourth-order valence-electron chi connectivity index (χ4n) is 10.9. The molecule has 0 saturated carbocycles. The van der Waals surface area contributed by atoms with Gasteiger partial charge in [0.25, 0.3) is 0 Å². The van der Waals surface area contributed by atoms with Crippen molar-refractivity contribution >= 4 is 39.5 Å². The van der Waals surface area contributed by atoms with E-state index in [1.807, 2.05) is 0 Å². The van der Waals surface area contributed by atoms with E-state index in [0.29, 0.717) is 25.7 Å². The van der Waals surface area contributed by atoms with E-state index in [1.165, 1.54) is 173 Å². The van der Waals surface area contributed by atoms with Gasteiger partial charge in [0.1, 0.15) is 19.3 Å². The summed E-state index contributed by atoms with van der Waals surface area (Å²) >= 11 is 0. The van der Waals surface area contributed by atoms with Gasteiger partial charge in [0.2, 0.25) is 0 Å². The van der Waals surface area contributed by atoms with Crippen molar-refractivity contribution in [1.29, 1.82) is 0 Å². The Bertz CT molecular complexity index is 2010. The molecule has 19 heteroatoms. The number of phosphoric ester groups is 2. The zero-order valence-electron chi connectivity index (χ0n) is 61.3. The van der Waals surface area contributed by atoms with Gasteiger partial charge >= 0.3 is 39.5 Å². The van der Waals surface area contributed by atoms with Crippen molar-refractivity contribution in [2.24, 2.45) is 0 Å². The Balaban J connectivity index is 5.31. The van der Waals surface area contributed by atoms with Crippen LogP contribution in [0.2, 0.25) is 0 Å². The normalized spacial score (nSPS) is 14.2. The third-order valence-electron chi connectivity index (χ3n) is 16.8. The number of aliphatic hydroxyl groups is 1. The highest BCUT2D eigenvalue weighted by Gasteiger charge is 2.30. The average molecular weight is 1400 g/mol. The Morgan fingerprint density at radius 2 is 0.542 bits per heavy atom. The first-order chi connectivity index (χ1) is 46.7. The van der Waals surface area contributed by atoms with Crippen LogP contribution in [0.5, 0.6) is 0 Å². The van der Waals surface area contributed by atoms with Gasteiger partial charge < -0.3 is 33.8 Å². The SMILES string of the molecule is CC/C=C\C/C=C\C/C=C\C/C=C\CCCCC(=O)OCC(COP(=O)(O)OCC(O)COP(=O)(O)OCC(COC(=O)CCCCCCCCCCCCCCCCC)OC(=O)CCCCCCCCCCCCC)OC(=O)CCCCCCCCCCCCCCCCC. The molecule has 0 aromatic rings. The number of rotatable bonds is 74. The number of esters is 4. The lowest BCUT2D eigenvalue weighted by atomic mass is 10.0. The Morgan fingerprint density at radius 3 is 0.833 bits per heavy atom.